The molecule has 48 heavy (non-hydrogen) atoms. The normalized spacial score (nSPS) is 20.4. The zero-order valence-corrected chi connectivity index (χ0v) is 27.4. The van der Waals surface area contributed by atoms with E-state index in [1.54, 1.807) is 18.5 Å². The van der Waals surface area contributed by atoms with Crippen LogP contribution < -0.4 is 4.74 Å². The third-order valence-corrected chi connectivity index (χ3v) is 12.0. The molecular weight excluding hydrogens is 636 g/mol. The predicted octanol–water partition coefficient (Wildman–Crippen LogP) is 7.87. The fraction of sp³-hybridized carbons (Fsp3) is 0.351. The van der Waals surface area contributed by atoms with Crippen molar-refractivity contribution in [2.75, 3.05) is 11.5 Å². The van der Waals surface area contributed by atoms with Crippen molar-refractivity contribution in [1.82, 2.24) is 15.0 Å². The molecule has 7 rings (SSSR count). The number of imidazole rings is 1. The monoisotopic (exact) mass is 673 g/mol. The highest BCUT2D eigenvalue weighted by molar-refractivity contribution is 7.91. The average Bonchev–Trinajstić information content (AvgIpc) is 3.39. The van der Waals surface area contributed by atoms with Crippen LogP contribution in [-0.2, 0) is 32.9 Å². The van der Waals surface area contributed by atoms with Crippen LogP contribution in [0.3, 0.4) is 0 Å². The third kappa shape index (κ3) is 6.35. The zero-order chi connectivity index (χ0) is 33.7. The van der Waals surface area contributed by atoms with E-state index in [1.165, 1.54) is 24.3 Å². The second-order valence-corrected chi connectivity index (χ2v) is 15.8. The number of carbonyl (C=O) groups is 1. The summed E-state index contributed by atoms with van der Waals surface area (Å²) in [5.74, 6) is -1.79. The number of aromatic amines is 2. The van der Waals surface area contributed by atoms with E-state index in [-0.39, 0.29) is 52.6 Å². The van der Waals surface area contributed by atoms with Gasteiger partial charge in [-0.15, -0.1) is 0 Å². The molecule has 8 nitrogen and oxygen atoms in total. The first kappa shape index (κ1) is 32.1. The Labute approximate surface area is 277 Å². The van der Waals surface area contributed by atoms with Crippen molar-refractivity contribution >= 4 is 26.7 Å². The Balaban J connectivity index is 1.33. The van der Waals surface area contributed by atoms with Gasteiger partial charge in [-0.25, -0.2) is 22.2 Å². The van der Waals surface area contributed by atoms with Crippen molar-refractivity contribution < 1.29 is 31.8 Å². The number of hydrogen-bond acceptors (Lipinski definition) is 5. The Morgan fingerprint density at radius 3 is 2.67 bits per heavy atom. The maximum Gasteiger partial charge on any atom is 0.303 e. The number of sulfone groups is 1. The summed E-state index contributed by atoms with van der Waals surface area (Å²) in [5.41, 5.74) is 2.76. The maximum absolute atomic E-state index is 15.6. The van der Waals surface area contributed by atoms with Crippen molar-refractivity contribution in [3.63, 3.8) is 0 Å². The van der Waals surface area contributed by atoms with Crippen LogP contribution in [0, 0.1) is 17.0 Å². The van der Waals surface area contributed by atoms with Crippen molar-refractivity contribution in [3.05, 3.63) is 101 Å². The number of aromatic nitrogens is 3. The molecule has 250 valence electrons. The van der Waals surface area contributed by atoms with Gasteiger partial charge in [0.1, 0.15) is 17.4 Å². The molecule has 3 aromatic carbocycles. The Hall–Kier alpha value is -4.51. The van der Waals surface area contributed by atoms with E-state index in [9.17, 15) is 18.3 Å². The van der Waals surface area contributed by atoms with E-state index in [0.29, 0.717) is 35.7 Å². The average molecular weight is 674 g/mol. The molecule has 4 bridgehead atoms. The van der Waals surface area contributed by atoms with Crippen LogP contribution in [0.15, 0.2) is 67.0 Å². The molecular formula is C37H37F2N3O5S. The lowest BCUT2D eigenvalue weighted by Crippen LogP contribution is -2.26. The van der Waals surface area contributed by atoms with Gasteiger partial charge in [0.15, 0.2) is 21.4 Å². The van der Waals surface area contributed by atoms with E-state index in [2.05, 4.69) is 21.9 Å². The van der Waals surface area contributed by atoms with Gasteiger partial charge in [0.2, 0.25) is 0 Å². The second kappa shape index (κ2) is 12.2. The van der Waals surface area contributed by atoms with Crippen LogP contribution in [0.5, 0.6) is 11.5 Å². The van der Waals surface area contributed by atoms with E-state index < -0.39 is 32.9 Å². The Kier molecular flexibility index (Phi) is 8.14. The number of hydrogen-bond donors (Lipinski definition) is 3. The van der Waals surface area contributed by atoms with E-state index in [4.69, 9.17) is 4.74 Å². The fourth-order valence-electron chi connectivity index (χ4n) is 7.20. The molecule has 11 heteroatoms. The molecule has 3 N–H and O–H groups in total. The molecule has 0 amide bonds. The van der Waals surface area contributed by atoms with Crippen molar-refractivity contribution in [3.8, 4) is 22.9 Å². The second-order valence-electron chi connectivity index (χ2n) is 13.6. The van der Waals surface area contributed by atoms with Gasteiger partial charge in [0.05, 0.1) is 17.1 Å². The molecule has 0 saturated heterocycles. The van der Waals surface area contributed by atoms with Gasteiger partial charge < -0.3 is 19.8 Å². The SMILES string of the molecule is CC1(c2cccc(CCC(=O)O)c2)CCCC2(CC2)CS(=O)(=O)CCc2c(c(F)cc3[nH]ccc23)Oc2ccc(F)c(c2)-c2ncc1[nH]2. The summed E-state index contributed by atoms with van der Waals surface area (Å²) >= 11 is 0. The number of halogens is 2. The molecule has 2 aromatic heterocycles. The Morgan fingerprint density at radius 2 is 1.88 bits per heavy atom. The highest BCUT2D eigenvalue weighted by Crippen LogP contribution is 2.52. The van der Waals surface area contributed by atoms with Crippen molar-refractivity contribution in [2.45, 2.75) is 63.7 Å². The summed E-state index contributed by atoms with van der Waals surface area (Å²) in [6, 6.07) is 15.0. The lowest BCUT2D eigenvalue weighted by atomic mass is 9.74. The van der Waals surface area contributed by atoms with Crippen LogP contribution in [0.25, 0.3) is 22.3 Å². The van der Waals surface area contributed by atoms with Gasteiger partial charge in [-0.2, -0.15) is 0 Å². The van der Waals surface area contributed by atoms with E-state index in [1.807, 2.05) is 24.3 Å². The number of carboxylic acid groups (broad SMARTS) is 1. The minimum Gasteiger partial charge on any atom is -0.481 e. The highest BCUT2D eigenvalue weighted by Gasteiger charge is 2.46. The maximum atomic E-state index is 15.6. The first-order valence-electron chi connectivity index (χ1n) is 16.3. The van der Waals surface area contributed by atoms with Gasteiger partial charge >= 0.3 is 5.97 Å². The molecule has 1 saturated carbocycles. The van der Waals surface area contributed by atoms with Gasteiger partial charge in [0.25, 0.3) is 0 Å². The van der Waals surface area contributed by atoms with Gasteiger partial charge in [0, 0.05) is 52.5 Å². The third-order valence-electron chi connectivity index (χ3n) is 10.2. The number of fused-ring (bicyclic) bond motifs is 8. The topological polar surface area (TPSA) is 125 Å². The first-order valence-corrected chi connectivity index (χ1v) is 18.1. The number of aliphatic carboxylic acids is 1. The zero-order valence-electron chi connectivity index (χ0n) is 26.6. The molecule has 2 aliphatic rings. The van der Waals surface area contributed by atoms with Gasteiger partial charge in [-0.1, -0.05) is 30.7 Å². The summed E-state index contributed by atoms with van der Waals surface area (Å²) in [5, 5.41) is 9.92. The molecule has 1 aliphatic heterocycles. The first-order chi connectivity index (χ1) is 22.9. The van der Waals surface area contributed by atoms with Crippen LogP contribution in [0.2, 0.25) is 0 Å². The summed E-state index contributed by atoms with van der Waals surface area (Å²) in [6.07, 6.45) is 7.57. The molecule has 1 unspecified atom stereocenters. The molecule has 1 atom stereocenters. The van der Waals surface area contributed by atoms with E-state index in [0.717, 1.165) is 36.1 Å². The van der Waals surface area contributed by atoms with Crippen LogP contribution in [0.4, 0.5) is 8.78 Å². The number of nitrogens with one attached hydrogen (secondary N) is 2. The predicted molar refractivity (Wildman–Crippen MR) is 179 cm³/mol. The Morgan fingerprint density at radius 1 is 1.04 bits per heavy atom. The molecule has 1 aliphatic carbocycles. The van der Waals surface area contributed by atoms with Crippen LogP contribution in [0.1, 0.15) is 67.8 Å². The quantitative estimate of drug-likeness (QED) is 0.178. The number of nitrogens with zero attached hydrogens (tertiary/aromatic N) is 1. The largest absolute Gasteiger partial charge is 0.481 e. The number of H-pyrrole nitrogens is 2. The molecule has 3 heterocycles. The number of benzene rings is 3. The summed E-state index contributed by atoms with van der Waals surface area (Å²) in [6.45, 7) is 2.08. The molecule has 5 aromatic rings. The number of ether oxygens (including phenoxy) is 1. The number of carboxylic acids is 1. The minimum atomic E-state index is -3.51. The molecule has 1 fully saturated rings. The Bertz CT molecular complexity index is 2140. The summed E-state index contributed by atoms with van der Waals surface area (Å²) in [7, 11) is -3.51. The lowest BCUT2D eigenvalue weighted by Gasteiger charge is -2.30. The van der Waals surface area contributed by atoms with Gasteiger partial charge in [-0.3, -0.25) is 4.79 Å². The summed E-state index contributed by atoms with van der Waals surface area (Å²) < 4.78 is 64.3. The standard InChI is InChI=1S/C37H37F2N3O5S/c1-36(24-5-2-4-23(18-24)6-9-33(43)44)12-3-13-37(14-15-37)22-48(45,46)17-11-27-26-10-16-40-31(26)20-30(39)34(27)47-25-7-8-29(38)28(19-25)35-41-21-32(36)42-35/h2,4-5,7-8,10,16,18-21,40H,3,6,9,11-15,17,22H2,1H3,(H,41,42)(H,43,44). The fourth-order valence-corrected chi connectivity index (χ4v) is 9.23. The van der Waals surface area contributed by atoms with Gasteiger partial charge in [-0.05, 0) is 86.3 Å². The summed E-state index contributed by atoms with van der Waals surface area (Å²) in [4.78, 5) is 22.2. The van der Waals surface area contributed by atoms with E-state index >= 15 is 8.78 Å². The molecule has 1 spiro atoms. The van der Waals surface area contributed by atoms with Crippen LogP contribution in [-0.4, -0.2) is 46.0 Å². The van der Waals surface area contributed by atoms with Crippen LogP contribution >= 0.6 is 0 Å². The molecule has 0 radical (unpaired) electrons. The van der Waals surface area contributed by atoms with Crippen molar-refractivity contribution in [1.29, 1.82) is 0 Å². The minimum absolute atomic E-state index is 0.00743. The smallest absolute Gasteiger partial charge is 0.303 e. The van der Waals surface area contributed by atoms with Crippen molar-refractivity contribution in [2.24, 2.45) is 5.41 Å². The number of aryl methyl sites for hydroxylation is 2. The highest BCUT2D eigenvalue weighted by atomic mass is 32.2. The number of rotatable bonds is 4. The lowest BCUT2D eigenvalue weighted by molar-refractivity contribution is -0.136.